The molecule has 0 unspecified atom stereocenters. The lowest BCUT2D eigenvalue weighted by atomic mass is 9.89. The van der Waals surface area contributed by atoms with Crippen molar-refractivity contribution in [2.75, 3.05) is 13.6 Å². The predicted molar refractivity (Wildman–Crippen MR) is 170 cm³/mol. The topological polar surface area (TPSA) is 94.9 Å². The number of likely N-dealkylation sites (N-methyl/N-ethyl adjacent to an activating group) is 1. The van der Waals surface area contributed by atoms with E-state index in [1.807, 2.05) is 66.2 Å². The number of amides is 3. The van der Waals surface area contributed by atoms with Gasteiger partial charge in [-0.1, -0.05) is 66.7 Å². The first kappa shape index (κ1) is 29.6. The second-order valence-electron chi connectivity index (χ2n) is 12.3. The van der Waals surface area contributed by atoms with Crippen LogP contribution in [0.15, 0.2) is 79.0 Å². The first-order valence-corrected chi connectivity index (χ1v) is 15.5. The van der Waals surface area contributed by atoms with Gasteiger partial charge in [-0.2, -0.15) is 0 Å². The SMILES string of the molecule is CN(Cc1ccccc1)C(=O)[C@H](Cc1ccc2c(c1)CCCC2)NC(=O)[C@@H]1C[C@@H](O)CN1C(=O)c1cn(C)c2ccccc12. The van der Waals surface area contributed by atoms with Crippen LogP contribution >= 0.6 is 0 Å². The summed E-state index contributed by atoms with van der Waals surface area (Å²) in [7, 11) is 3.63. The van der Waals surface area contributed by atoms with E-state index in [2.05, 4.69) is 23.5 Å². The van der Waals surface area contributed by atoms with Crippen LogP contribution in [0.1, 0.15) is 51.9 Å². The molecule has 3 atom stereocenters. The molecule has 3 aromatic carbocycles. The molecule has 2 heterocycles. The molecule has 3 amide bonds. The fraction of sp³-hybridized carbons (Fsp3) is 0.361. The molecule has 8 nitrogen and oxygen atoms in total. The summed E-state index contributed by atoms with van der Waals surface area (Å²) in [6.07, 6.45) is 5.82. The van der Waals surface area contributed by atoms with Crippen LogP contribution in [0.2, 0.25) is 0 Å². The minimum absolute atomic E-state index is 0.0531. The van der Waals surface area contributed by atoms with Gasteiger partial charge in [0.05, 0.1) is 11.7 Å². The van der Waals surface area contributed by atoms with Crippen molar-refractivity contribution in [3.05, 3.63) is 107 Å². The Bertz CT molecular complexity index is 1680. The van der Waals surface area contributed by atoms with Gasteiger partial charge in [-0.15, -0.1) is 0 Å². The molecule has 1 saturated heterocycles. The van der Waals surface area contributed by atoms with Crippen LogP contribution in [-0.2, 0) is 42.4 Å². The van der Waals surface area contributed by atoms with Crippen LogP contribution in [-0.4, -0.2) is 69.0 Å². The number of fused-ring (bicyclic) bond motifs is 2. The molecule has 1 aliphatic carbocycles. The van der Waals surface area contributed by atoms with E-state index in [0.29, 0.717) is 18.5 Å². The van der Waals surface area contributed by atoms with E-state index in [-0.39, 0.29) is 24.8 Å². The van der Waals surface area contributed by atoms with Gasteiger partial charge in [0.15, 0.2) is 0 Å². The van der Waals surface area contributed by atoms with Crippen molar-refractivity contribution in [1.82, 2.24) is 19.7 Å². The highest BCUT2D eigenvalue weighted by Crippen LogP contribution is 2.27. The second-order valence-corrected chi connectivity index (χ2v) is 12.3. The molecule has 1 aliphatic heterocycles. The largest absolute Gasteiger partial charge is 0.391 e. The van der Waals surface area contributed by atoms with Gasteiger partial charge >= 0.3 is 0 Å². The van der Waals surface area contributed by atoms with Crippen LogP contribution < -0.4 is 5.32 Å². The van der Waals surface area contributed by atoms with Crippen LogP contribution in [0.5, 0.6) is 0 Å². The molecule has 0 bridgehead atoms. The Kier molecular flexibility index (Phi) is 8.53. The van der Waals surface area contributed by atoms with Gasteiger partial charge in [0, 0.05) is 57.1 Å². The maximum absolute atomic E-state index is 13.9. The number of aryl methyl sites for hydroxylation is 3. The van der Waals surface area contributed by atoms with E-state index in [0.717, 1.165) is 41.3 Å². The lowest BCUT2D eigenvalue weighted by Gasteiger charge is -2.29. The maximum Gasteiger partial charge on any atom is 0.256 e. The summed E-state index contributed by atoms with van der Waals surface area (Å²) in [5.41, 5.74) is 6.05. The molecule has 0 saturated carbocycles. The van der Waals surface area contributed by atoms with Gasteiger partial charge in [-0.25, -0.2) is 0 Å². The number of aliphatic hydroxyl groups is 1. The minimum atomic E-state index is -0.894. The van der Waals surface area contributed by atoms with Crippen LogP contribution in [0.4, 0.5) is 0 Å². The molecule has 2 aliphatic rings. The van der Waals surface area contributed by atoms with E-state index in [1.165, 1.54) is 22.4 Å². The van der Waals surface area contributed by atoms with Crippen LogP contribution in [0.25, 0.3) is 10.9 Å². The standard InChI is InChI=1S/C36H40N4O4/c1-38-23-30(29-14-8-9-15-32(29)38)35(43)40-22-28(41)20-33(40)34(42)37-31(36(44)39(2)21-24-10-4-3-5-11-24)19-25-16-17-26-12-6-7-13-27(26)18-25/h3-5,8-11,14-18,23,28,31,33,41H,6-7,12-13,19-22H2,1-2H3,(H,37,42)/t28-,31+,33+/m1/s1. The molecule has 0 spiro atoms. The monoisotopic (exact) mass is 592 g/mol. The molecule has 4 aromatic rings. The molecule has 228 valence electrons. The Morgan fingerprint density at radius 2 is 1.68 bits per heavy atom. The number of likely N-dealkylation sites (tertiary alicyclic amines) is 1. The molecule has 44 heavy (non-hydrogen) atoms. The van der Waals surface area contributed by atoms with Gasteiger partial charge in [-0.05, 0) is 54.0 Å². The number of nitrogens with zero attached hydrogens (tertiary/aromatic N) is 3. The normalized spacial score (nSPS) is 18.6. The Hall–Kier alpha value is -4.43. The van der Waals surface area contributed by atoms with Gasteiger partial charge in [-0.3, -0.25) is 14.4 Å². The molecular weight excluding hydrogens is 552 g/mol. The van der Waals surface area contributed by atoms with Crippen molar-refractivity contribution >= 4 is 28.6 Å². The molecule has 6 rings (SSSR count). The number of benzene rings is 3. The summed E-state index contributed by atoms with van der Waals surface area (Å²) in [5.74, 6) is -0.942. The Morgan fingerprint density at radius 3 is 2.48 bits per heavy atom. The number of nitrogens with one attached hydrogen (secondary N) is 1. The number of hydrogen-bond acceptors (Lipinski definition) is 4. The highest BCUT2D eigenvalue weighted by Gasteiger charge is 2.41. The first-order chi connectivity index (χ1) is 21.3. The fourth-order valence-electron chi connectivity index (χ4n) is 6.77. The van der Waals surface area contributed by atoms with E-state index in [1.54, 1.807) is 18.1 Å². The third-order valence-electron chi connectivity index (χ3n) is 9.08. The molecule has 0 radical (unpaired) electrons. The number of hydrogen-bond donors (Lipinski definition) is 2. The third-order valence-corrected chi connectivity index (χ3v) is 9.08. The van der Waals surface area contributed by atoms with Gasteiger partial charge in [0.2, 0.25) is 11.8 Å². The summed E-state index contributed by atoms with van der Waals surface area (Å²) >= 11 is 0. The van der Waals surface area contributed by atoms with E-state index in [4.69, 9.17) is 0 Å². The van der Waals surface area contributed by atoms with Crippen molar-refractivity contribution in [1.29, 1.82) is 0 Å². The van der Waals surface area contributed by atoms with Crippen molar-refractivity contribution in [2.45, 2.75) is 63.3 Å². The third kappa shape index (κ3) is 6.13. The van der Waals surface area contributed by atoms with Crippen LogP contribution in [0.3, 0.4) is 0 Å². The maximum atomic E-state index is 13.9. The number of β-amino-alcohol motifs (C(OH)–C–C–N with tert-alkyl or cyclic N) is 1. The summed E-state index contributed by atoms with van der Waals surface area (Å²) in [5, 5.41) is 14.4. The molecule has 1 fully saturated rings. The lowest BCUT2D eigenvalue weighted by Crippen LogP contribution is -2.54. The van der Waals surface area contributed by atoms with E-state index in [9.17, 15) is 19.5 Å². The van der Waals surface area contributed by atoms with Gasteiger partial charge < -0.3 is 24.8 Å². The quantitative estimate of drug-likeness (QED) is 0.323. The summed E-state index contributed by atoms with van der Waals surface area (Å²) < 4.78 is 1.89. The smallest absolute Gasteiger partial charge is 0.256 e. The first-order valence-electron chi connectivity index (χ1n) is 15.5. The summed E-state index contributed by atoms with van der Waals surface area (Å²) in [4.78, 5) is 44.8. The predicted octanol–water partition coefficient (Wildman–Crippen LogP) is 4.02. The molecule has 1 aromatic heterocycles. The Balaban J connectivity index is 1.25. The van der Waals surface area contributed by atoms with Crippen molar-refractivity contribution < 1.29 is 19.5 Å². The van der Waals surface area contributed by atoms with Crippen LogP contribution in [0, 0.1) is 0 Å². The second kappa shape index (κ2) is 12.7. The molecule has 8 heteroatoms. The fourth-order valence-corrected chi connectivity index (χ4v) is 6.77. The Morgan fingerprint density at radius 1 is 0.955 bits per heavy atom. The van der Waals surface area contributed by atoms with Crippen molar-refractivity contribution in [3.63, 3.8) is 0 Å². The molecule has 2 N–H and O–H groups in total. The van der Waals surface area contributed by atoms with E-state index >= 15 is 0 Å². The van der Waals surface area contributed by atoms with Gasteiger partial charge in [0.1, 0.15) is 12.1 Å². The highest BCUT2D eigenvalue weighted by atomic mass is 16.3. The minimum Gasteiger partial charge on any atom is -0.391 e. The number of para-hydroxylation sites is 1. The summed E-state index contributed by atoms with van der Waals surface area (Å²) in [6, 6.07) is 22.0. The van der Waals surface area contributed by atoms with Crippen molar-refractivity contribution in [2.24, 2.45) is 7.05 Å². The van der Waals surface area contributed by atoms with Crippen molar-refractivity contribution in [3.8, 4) is 0 Å². The average molecular weight is 593 g/mol. The number of carbonyl (C=O) groups excluding carboxylic acids is 3. The number of aliphatic hydroxyl groups excluding tert-OH is 1. The highest BCUT2D eigenvalue weighted by molar-refractivity contribution is 6.08. The number of aromatic nitrogens is 1. The summed E-state index contributed by atoms with van der Waals surface area (Å²) in [6.45, 7) is 0.460. The zero-order valence-electron chi connectivity index (χ0n) is 25.4. The Labute approximate surface area is 258 Å². The lowest BCUT2D eigenvalue weighted by molar-refractivity contribution is -0.136. The zero-order chi connectivity index (χ0) is 30.8. The van der Waals surface area contributed by atoms with E-state index < -0.39 is 24.1 Å². The average Bonchev–Trinajstić information content (AvgIpc) is 3.60. The number of carbonyl (C=O) groups is 3. The van der Waals surface area contributed by atoms with Gasteiger partial charge in [0.25, 0.3) is 5.91 Å². The molecular formula is C36H40N4O4. The number of rotatable bonds is 8. The zero-order valence-corrected chi connectivity index (χ0v) is 25.4.